The van der Waals surface area contributed by atoms with Crippen molar-refractivity contribution in [1.29, 1.82) is 0 Å². The molecule has 0 atom stereocenters. The van der Waals surface area contributed by atoms with E-state index in [-0.39, 0.29) is 0 Å². The highest BCUT2D eigenvalue weighted by Crippen LogP contribution is 2.15. The fourth-order valence-electron chi connectivity index (χ4n) is 1.51. The van der Waals surface area contributed by atoms with E-state index in [0.29, 0.717) is 0 Å². The molecule has 0 bridgehead atoms. The van der Waals surface area contributed by atoms with Crippen molar-refractivity contribution in [1.82, 2.24) is 0 Å². The summed E-state index contributed by atoms with van der Waals surface area (Å²) in [7, 11) is 1.11. The van der Waals surface area contributed by atoms with Gasteiger partial charge in [0.15, 0.2) is 0 Å². The van der Waals surface area contributed by atoms with E-state index < -0.39 is 0 Å². The summed E-state index contributed by atoms with van der Waals surface area (Å²) < 4.78 is 0. The summed E-state index contributed by atoms with van der Waals surface area (Å²) in [5.74, 6) is 0. The molecule has 0 amide bonds. The van der Waals surface area contributed by atoms with Gasteiger partial charge in [-0.1, -0.05) is 59.8 Å². The second kappa shape index (κ2) is 3.58. The molecule has 0 radical (unpaired) electrons. The third-order valence-corrected chi connectivity index (χ3v) is 3.10. The summed E-state index contributed by atoms with van der Waals surface area (Å²) in [6.07, 6.45) is 0. The molecule has 0 aliphatic carbocycles. The molecule has 0 heterocycles. The van der Waals surface area contributed by atoms with Crippen LogP contribution in [-0.2, 0) is 0 Å². The van der Waals surface area contributed by atoms with Crippen LogP contribution in [0.15, 0.2) is 54.6 Å². The van der Waals surface area contributed by atoms with E-state index in [1.807, 2.05) is 0 Å². The van der Waals surface area contributed by atoms with Crippen molar-refractivity contribution in [2.45, 2.75) is 0 Å². The second-order valence-electron chi connectivity index (χ2n) is 3.18. The molecule has 0 unspecified atom stereocenters. The topological polar surface area (TPSA) is 0 Å². The molecule has 0 aliphatic rings. The van der Waals surface area contributed by atoms with Crippen molar-refractivity contribution in [3.8, 4) is 11.1 Å². The van der Waals surface area contributed by atoms with E-state index in [0.717, 1.165) is 10.2 Å². The molecule has 13 heavy (non-hydrogen) atoms. The Kier molecular flexibility index (Phi) is 2.28. The lowest BCUT2D eigenvalue weighted by molar-refractivity contribution is 1.65. The number of benzene rings is 2. The molecule has 0 aliphatic heterocycles. The van der Waals surface area contributed by atoms with E-state index >= 15 is 0 Å². The van der Waals surface area contributed by atoms with E-state index in [4.69, 9.17) is 0 Å². The first kappa shape index (κ1) is 8.26. The summed E-state index contributed by atoms with van der Waals surface area (Å²) >= 11 is 0. The van der Waals surface area contributed by atoms with Crippen LogP contribution in [0.1, 0.15) is 0 Å². The van der Waals surface area contributed by atoms with Gasteiger partial charge >= 0.3 is 0 Å². The van der Waals surface area contributed by atoms with Gasteiger partial charge in [-0.3, -0.25) is 0 Å². The van der Waals surface area contributed by atoms with E-state index in [2.05, 4.69) is 54.6 Å². The fraction of sp³-hybridized carbons (Fsp3) is 0. The van der Waals surface area contributed by atoms with Gasteiger partial charge in [-0.05, 0) is 11.1 Å². The minimum absolute atomic E-state index is 1.11. The molecule has 0 saturated heterocycles. The maximum absolute atomic E-state index is 2.20. The molecule has 0 saturated carbocycles. The monoisotopic (exact) mass is 184 g/mol. The number of hydrogen-bond acceptors (Lipinski definition) is 0. The third kappa shape index (κ3) is 1.70. The van der Waals surface area contributed by atoms with Gasteiger partial charge in [0.05, 0.1) is 0 Å². The predicted molar refractivity (Wildman–Crippen MR) is 61.5 cm³/mol. The second-order valence-corrected chi connectivity index (χ2v) is 4.26. The maximum Gasteiger partial charge on any atom is 0.0393 e. The first-order valence-corrected chi connectivity index (χ1v) is 5.49. The summed E-state index contributed by atoms with van der Waals surface area (Å²) in [6.45, 7) is 0. The molecule has 2 rings (SSSR count). The lowest BCUT2D eigenvalue weighted by atomic mass is 10.1. The Morgan fingerprint density at radius 3 is 2.00 bits per heavy atom. The first-order valence-electron chi connectivity index (χ1n) is 4.49. The lowest BCUT2D eigenvalue weighted by Crippen LogP contribution is -2.04. The van der Waals surface area contributed by atoms with Gasteiger partial charge in [-0.2, -0.15) is 0 Å². The molecular formula is C12H12Si. The Morgan fingerprint density at radius 2 is 1.31 bits per heavy atom. The van der Waals surface area contributed by atoms with Crippen molar-refractivity contribution < 1.29 is 0 Å². The van der Waals surface area contributed by atoms with Crippen LogP contribution < -0.4 is 5.19 Å². The summed E-state index contributed by atoms with van der Waals surface area (Å²) in [5.41, 5.74) is 2.71. The van der Waals surface area contributed by atoms with Crippen LogP contribution in [0.2, 0.25) is 0 Å². The van der Waals surface area contributed by atoms with Crippen LogP contribution in [0.5, 0.6) is 0 Å². The zero-order valence-corrected chi connectivity index (χ0v) is 9.70. The molecular weight excluding hydrogens is 172 g/mol. The quantitative estimate of drug-likeness (QED) is 0.587. The van der Waals surface area contributed by atoms with Crippen LogP contribution >= 0.6 is 0 Å². The molecule has 0 spiro atoms. The van der Waals surface area contributed by atoms with Crippen molar-refractivity contribution in [2.24, 2.45) is 0 Å². The van der Waals surface area contributed by atoms with Crippen LogP contribution in [0, 0.1) is 0 Å². The van der Waals surface area contributed by atoms with Gasteiger partial charge in [-0.15, -0.1) is 0 Å². The average molecular weight is 184 g/mol. The van der Waals surface area contributed by atoms with Gasteiger partial charge in [0.25, 0.3) is 0 Å². The van der Waals surface area contributed by atoms with Gasteiger partial charge in [-0.25, -0.2) is 0 Å². The van der Waals surface area contributed by atoms with Gasteiger partial charge in [0.1, 0.15) is 0 Å². The van der Waals surface area contributed by atoms with E-state index in [9.17, 15) is 0 Å². The van der Waals surface area contributed by atoms with E-state index in [1.54, 1.807) is 0 Å². The minimum atomic E-state index is 1.11. The fourth-order valence-corrected chi connectivity index (χ4v) is 2.16. The van der Waals surface area contributed by atoms with Crippen molar-refractivity contribution in [2.75, 3.05) is 0 Å². The Hall–Kier alpha value is -1.34. The van der Waals surface area contributed by atoms with Crippen molar-refractivity contribution >= 4 is 15.4 Å². The molecule has 0 fully saturated rings. The zero-order chi connectivity index (χ0) is 9.10. The van der Waals surface area contributed by atoms with Crippen LogP contribution in [0.4, 0.5) is 0 Å². The SMILES string of the molecule is [SiH3]c1ccccc1-c1ccccc1. The Balaban J connectivity index is 2.54. The molecule has 1 heteroatoms. The Bertz CT molecular complexity index is 393. The van der Waals surface area contributed by atoms with Gasteiger partial charge in [0, 0.05) is 10.2 Å². The third-order valence-electron chi connectivity index (χ3n) is 2.23. The highest BCUT2D eigenvalue weighted by Gasteiger charge is 1.97. The zero-order valence-electron chi connectivity index (χ0n) is 7.70. The normalized spacial score (nSPS) is 10.2. The smallest absolute Gasteiger partial charge is 0.0393 e. The first-order chi connectivity index (χ1) is 6.38. The molecule has 2 aromatic rings. The highest BCUT2D eigenvalue weighted by molar-refractivity contribution is 6.35. The standard InChI is InChI=1S/C12H12Si/c13-12-9-5-4-8-11(12)10-6-2-1-3-7-10/h1-9H,13H3. The van der Waals surface area contributed by atoms with Crippen LogP contribution in [-0.4, -0.2) is 10.2 Å². The van der Waals surface area contributed by atoms with E-state index in [1.165, 1.54) is 16.3 Å². The summed E-state index contributed by atoms with van der Waals surface area (Å²) in [5, 5.41) is 1.47. The van der Waals surface area contributed by atoms with Crippen LogP contribution in [0.25, 0.3) is 11.1 Å². The predicted octanol–water partition coefficient (Wildman–Crippen LogP) is 1.34. The molecule has 2 aromatic carbocycles. The molecule has 0 N–H and O–H groups in total. The highest BCUT2D eigenvalue weighted by atomic mass is 28.1. The maximum atomic E-state index is 2.20. The average Bonchev–Trinajstić information content (AvgIpc) is 2.20. The summed E-state index contributed by atoms with van der Waals surface area (Å²) in [6, 6.07) is 19.2. The molecule has 0 aromatic heterocycles. The van der Waals surface area contributed by atoms with Crippen molar-refractivity contribution in [3.63, 3.8) is 0 Å². The minimum Gasteiger partial charge on any atom is -0.0634 e. The van der Waals surface area contributed by atoms with Crippen molar-refractivity contribution in [3.05, 3.63) is 54.6 Å². The lowest BCUT2D eigenvalue weighted by Gasteiger charge is -2.04. The van der Waals surface area contributed by atoms with Gasteiger partial charge in [0.2, 0.25) is 0 Å². The Labute approximate surface area is 81.7 Å². The summed E-state index contributed by atoms with van der Waals surface area (Å²) in [4.78, 5) is 0. The largest absolute Gasteiger partial charge is 0.0634 e. The van der Waals surface area contributed by atoms with Crippen LogP contribution in [0.3, 0.4) is 0 Å². The molecule has 0 nitrogen and oxygen atoms in total. The Morgan fingerprint density at radius 1 is 0.692 bits per heavy atom. The number of rotatable bonds is 1. The molecule has 64 valence electrons. The number of hydrogen-bond donors (Lipinski definition) is 0. The van der Waals surface area contributed by atoms with Gasteiger partial charge < -0.3 is 0 Å².